The molecule has 294 valence electrons. The fourth-order valence-corrected chi connectivity index (χ4v) is 9.67. The zero-order valence-electron chi connectivity index (χ0n) is 39.1. The lowest BCUT2D eigenvalue weighted by Crippen LogP contribution is -2.55. The van der Waals surface area contributed by atoms with E-state index in [0.29, 0.717) is 5.92 Å². The zero-order valence-corrected chi connectivity index (χ0v) is 39.1. The van der Waals surface area contributed by atoms with Crippen LogP contribution >= 0.6 is 0 Å². The van der Waals surface area contributed by atoms with E-state index in [0.717, 1.165) is 0 Å². The molecule has 7 heteroatoms. The maximum atomic E-state index is 2.57. The lowest BCUT2D eigenvalue weighted by atomic mass is 9.59. The lowest BCUT2D eigenvalue weighted by molar-refractivity contribution is 0.568. The molecule has 59 heavy (non-hydrogen) atoms. The van der Waals surface area contributed by atoms with Crippen molar-refractivity contribution in [1.82, 2.24) is 9.13 Å². The predicted octanol–water partition coefficient (Wildman–Crippen LogP) is 6.16. The van der Waals surface area contributed by atoms with Crippen LogP contribution in [0.15, 0.2) is 84.9 Å². The molecule has 0 fully saturated rings. The number of nitrogens with zero attached hydrogens (tertiary/aromatic N) is 2. The van der Waals surface area contributed by atoms with Crippen LogP contribution in [0.1, 0.15) is 110 Å². The second-order valence-corrected chi connectivity index (χ2v) is 21.2. The van der Waals surface area contributed by atoms with Gasteiger partial charge in [0.05, 0.1) is 22.1 Å². The van der Waals surface area contributed by atoms with Gasteiger partial charge in [-0.2, -0.15) is 0 Å². The highest BCUT2D eigenvalue weighted by Crippen LogP contribution is 2.44. The molecular weight excluding hydrogens is 707 g/mol. The van der Waals surface area contributed by atoms with Crippen molar-refractivity contribution in [2.75, 3.05) is 0 Å². The van der Waals surface area contributed by atoms with Crippen LogP contribution in [0, 0.1) is 6.92 Å². The van der Waals surface area contributed by atoms with Gasteiger partial charge >= 0.3 is 0 Å². The summed E-state index contributed by atoms with van der Waals surface area (Å²) in [5.41, 5.74) is 23.8. The number of rotatable bonds is 4. The van der Waals surface area contributed by atoms with Gasteiger partial charge in [-0.25, -0.2) is 0 Å². The fraction of sp³-hybridized carbons (Fsp3) is 0.308. The van der Waals surface area contributed by atoms with Crippen molar-refractivity contribution in [2.24, 2.45) is 0 Å². The molecule has 0 amide bonds. The van der Waals surface area contributed by atoms with Crippen LogP contribution in [0.5, 0.6) is 0 Å². The smallest absolute Gasteiger partial charge is 0.139 e. The Morgan fingerprint density at radius 3 is 1.54 bits per heavy atom. The van der Waals surface area contributed by atoms with E-state index in [1.54, 1.807) is 0 Å². The molecule has 2 aromatic heterocycles. The maximum Gasteiger partial charge on any atom is 0.139 e. The number of benzene rings is 6. The topological polar surface area (TPSA) is 9.86 Å². The minimum Gasteiger partial charge on any atom is -0.309 e. The van der Waals surface area contributed by atoms with E-state index in [4.69, 9.17) is 0 Å². The second kappa shape index (κ2) is 13.9. The van der Waals surface area contributed by atoms with E-state index in [1.807, 2.05) is 0 Å². The summed E-state index contributed by atoms with van der Waals surface area (Å²) in [4.78, 5) is 0. The first-order valence-corrected chi connectivity index (χ1v) is 21.9. The molecular formula is C52H61B5N2. The highest BCUT2D eigenvalue weighted by molar-refractivity contribution is 6.69. The number of hydrogen-bond donors (Lipinski definition) is 0. The van der Waals surface area contributed by atoms with Crippen molar-refractivity contribution in [3.63, 3.8) is 0 Å². The van der Waals surface area contributed by atoms with Gasteiger partial charge in [0.25, 0.3) is 0 Å². The standard InChI is InChI=1S/C52H61B5N2/c1-27(2)29-16-18-38-35(22-29)36-26-30(50(4,5)6)17-19-39(36)59(38)37-20-21-41-42(28(37)3)43-34(44-45(53)47(55)49(57)48(56)46(44)54)14-13-15-40(43)58(41)33-24-31(51(7,8)9)23-32(25-33)52(10,11)12/h13-27H,53-57H2,1-12H3. The van der Waals surface area contributed by atoms with Gasteiger partial charge in [-0.15, -0.1) is 16.4 Å². The molecule has 0 aliphatic rings. The third kappa shape index (κ3) is 6.54. The second-order valence-electron chi connectivity index (χ2n) is 21.2. The Hall–Kier alpha value is -4.76. The summed E-state index contributed by atoms with van der Waals surface area (Å²) in [6.07, 6.45) is 0. The Balaban J connectivity index is 1.56. The van der Waals surface area contributed by atoms with Crippen molar-refractivity contribution in [1.29, 1.82) is 0 Å². The van der Waals surface area contributed by atoms with Crippen molar-refractivity contribution in [3.8, 4) is 22.5 Å². The highest BCUT2D eigenvalue weighted by Gasteiger charge is 2.27. The van der Waals surface area contributed by atoms with Crippen LogP contribution in [0.25, 0.3) is 66.1 Å². The zero-order chi connectivity index (χ0) is 42.8. The molecule has 8 aromatic rings. The van der Waals surface area contributed by atoms with Crippen LogP contribution in [0.2, 0.25) is 0 Å². The summed E-state index contributed by atoms with van der Waals surface area (Å²) >= 11 is 0. The van der Waals surface area contributed by atoms with Crippen molar-refractivity contribution in [2.45, 2.75) is 105 Å². The van der Waals surface area contributed by atoms with E-state index in [2.05, 4.69) is 216 Å². The SMILES string of the molecule is Bc1c(B)c(B)c(-c2cccc3c2c2c(C)c(-n4c5ccc(C(C)C)cc5c5cc(C(C)(C)C)ccc54)ccc2n3-c2cc(C(C)(C)C)cc(C(C)(C)C)c2)c(B)c1B. The number of aryl methyl sites for hydroxylation is 1. The van der Waals surface area contributed by atoms with Gasteiger partial charge in [0.2, 0.25) is 0 Å². The van der Waals surface area contributed by atoms with E-state index in [9.17, 15) is 0 Å². The molecule has 0 saturated heterocycles. The lowest BCUT2D eigenvalue weighted by Gasteiger charge is -2.27. The molecule has 2 heterocycles. The molecule has 0 atom stereocenters. The summed E-state index contributed by atoms with van der Waals surface area (Å²) < 4.78 is 5.13. The maximum absolute atomic E-state index is 2.57. The van der Waals surface area contributed by atoms with Crippen molar-refractivity contribution in [3.05, 3.63) is 113 Å². The molecule has 0 bridgehead atoms. The predicted molar refractivity (Wildman–Crippen MR) is 276 cm³/mol. The first-order valence-electron chi connectivity index (χ1n) is 21.9. The minimum atomic E-state index is -0.00693. The molecule has 0 N–H and O–H groups in total. The molecule has 2 nitrogen and oxygen atoms in total. The summed E-state index contributed by atoms with van der Waals surface area (Å²) in [5.74, 6) is 0.447. The minimum absolute atomic E-state index is 0.00693. The van der Waals surface area contributed by atoms with Crippen LogP contribution < -0.4 is 27.3 Å². The monoisotopic (exact) mass is 769 g/mol. The molecule has 0 saturated carbocycles. The highest BCUT2D eigenvalue weighted by atomic mass is 15.0. The van der Waals surface area contributed by atoms with Gasteiger partial charge in [-0.3, -0.25) is 0 Å². The van der Waals surface area contributed by atoms with E-state index in [-0.39, 0.29) is 16.2 Å². The number of hydrogen-bond acceptors (Lipinski definition) is 0. The Bertz CT molecular complexity index is 2970. The quantitative estimate of drug-likeness (QED) is 0.190. The molecule has 0 unspecified atom stereocenters. The van der Waals surface area contributed by atoms with Crippen LogP contribution in [0.4, 0.5) is 0 Å². The summed E-state index contributed by atoms with van der Waals surface area (Å²) in [6, 6.07) is 33.5. The summed E-state index contributed by atoms with van der Waals surface area (Å²) in [5, 5.41) is 5.29. The third-order valence-corrected chi connectivity index (χ3v) is 13.9. The Labute approximate surface area is 358 Å². The Morgan fingerprint density at radius 1 is 0.475 bits per heavy atom. The normalized spacial score (nSPS) is 12.9. The third-order valence-electron chi connectivity index (χ3n) is 13.9. The van der Waals surface area contributed by atoms with E-state index >= 15 is 0 Å². The Kier molecular flexibility index (Phi) is 9.66. The molecule has 0 aliphatic carbocycles. The van der Waals surface area contributed by atoms with Gasteiger partial charge in [-0.1, -0.05) is 117 Å². The first-order chi connectivity index (χ1) is 27.5. The average molecular weight is 768 g/mol. The van der Waals surface area contributed by atoms with E-state index < -0.39 is 0 Å². The van der Waals surface area contributed by atoms with Gasteiger partial charge in [0, 0.05) is 32.9 Å². The van der Waals surface area contributed by atoms with Crippen LogP contribution in [-0.4, -0.2) is 48.4 Å². The Morgan fingerprint density at radius 2 is 0.983 bits per heavy atom. The van der Waals surface area contributed by atoms with E-state index in [1.165, 1.54) is 121 Å². The van der Waals surface area contributed by atoms with Crippen molar-refractivity contribution < 1.29 is 0 Å². The van der Waals surface area contributed by atoms with Gasteiger partial charge in [0.1, 0.15) is 39.2 Å². The van der Waals surface area contributed by atoms with Gasteiger partial charge in [-0.05, 0) is 123 Å². The molecule has 0 spiro atoms. The fourth-order valence-electron chi connectivity index (χ4n) is 9.67. The first kappa shape index (κ1) is 41.0. The molecule has 0 aliphatic heterocycles. The van der Waals surface area contributed by atoms with Gasteiger partial charge in [0.15, 0.2) is 0 Å². The molecule has 8 rings (SSSR count). The number of aromatic nitrogens is 2. The van der Waals surface area contributed by atoms with Crippen LogP contribution in [0.3, 0.4) is 0 Å². The molecule has 0 radical (unpaired) electrons. The average Bonchev–Trinajstić information content (AvgIpc) is 3.68. The summed E-state index contributed by atoms with van der Waals surface area (Å²) in [7, 11) is 11.6. The summed E-state index contributed by atoms with van der Waals surface area (Å²) in [6.45, 7) is 28.0. The largest absolute Gasteiger partial charge is 0.309 e. The van der Waals surface area contributed by atoms with Crippen molar-refractivity contribution >= 4 is 110 Å². The van der Waals surface area contributed by atoms with Crippen LogP contribution in [-0.2, 0) is 16.2 Å². The molecule has 6 aromatic carbocycles. The van der Waals surface area contributed by atoms with Gasteiger partial charge < -0.3 is 9.13 Å². The number of fused-ring (bicyclic) bond motifs is 6.